The number of fused-ring (bicyclic) bond motifs is 6. The van der Waals surface area contributed by atoms with Crippen molar-refractivity contribution in [2.45, 2.75) is 49.0 Å². The van der Waals surface area contributed by atoms with E-state index in [-0.39, 0.29) is 59.5 Å². The topological polar surface area (TPSA) is 404 Å². The number of rotatable bonds is 6. The number of aliphatic carboxylic acids is 2. The highest BCUT2D eigenvalue weighted by molar-refractivity contribution is 6.28. The zero-order valence-corrected chi connectivity index (χ0v) is 40.3. The molecule has 386 valence electrons. The monoisotopic (exact) mass is 1000 g/mol. The van der Waals surface area contributed by atoms with E-state index in [1.165, 1.54) is 21.9 Å². The van der Waals surface area contributed by atoms with Gasteiger partial charge in [0, 0.05) is 62.5 Å². The maximum atomic E-state index is 13.7. The van der Waals surface area contributed by atoms with Crippen LogP contribution in [0.5, 0.6) is 11.5 Å². The normalized spacial score (nSPS) is 27.3. The van der Waals surface area contributed by atoms with Gasteiger partial charge in [0.2, 0.25) is 11.6 Å². The summed E-state index contributed by atoms with van der Waals surface area (Å²) in [5.74, 6) is -16.7. The van der Waals surface area contributed by atoms with Gasteiger partial charge in [-0.25, -0.2) is 9.59 Å². The van der Waals surface area contributed by atoms with E-state index in [1.54, 1.807) is 40.3 Å². The maximum absolute atomic E-state index is 13.7. The van der Waals surface area contributed by atoms with Crippen LogP contribution in [0.4, 0.5) is 11.4 Å². The number of phenols is 2. The zero-order valence-electron chi connectivity index (χ0n) is 40.3. The molecule has 0 saturated heterocycles. The lowest BCUT2D eigenvalue weighted by molar-refractivity contribution is -0.159. The van der Waals surface area contributed by atoms with Crippen LogP contribution in [0.2, 0.25) is 0 Å². The number of hydrogen-bond acceptors (Lipinski definition) is 20. The Kier molecular flexibility index (Phi) is 13.9. The second-order valence-electron chi connectivity index (χ2n) is 19.2. The van der Waals surface area contributed by atoms with Crippen LogP contribution in [-0.2, 0) is 51.2 Å². The highest BCUT2D eigenvalue weighted by Gasteiger charge is 2.66. The Morgan fingerprint density at radius 3 is 1.10 bits per heavy atom. The number of ketones is 4. The van der Waals surface area contributed by atoms with Crippen molar-refractivity contribution in [3.8, 4) is 11.5 Å². The molecule has 2 amide bonds. The molecule has 8 rings (SSSR count). The number of carboxylic acids is 2. The minimum Gasteiger partial charge on any atom is -0.508 e. The summed E-state index contributed by atoms with van der Waals surface area (Å²) in [7, 11) is 13.5. The first kappa shape index (κ1) is 53.5. The third-order valence-corrected chi connectivity index (χ3v) is 14.3. The number of primary amides is 2. The molecule has 0 aromatic heterocycles. The average Bonchev–Trinajstić information content (AvgIpc) is 3.26. The SMILES string of the molecule is CN(C)c1ccc(O)c2c1C[C@H]1C[C@H]3[C@H](N(C)C)C(=O)C(C(N)=O)=C(O)[C@@]3(O)C(=O)C1=C2O.CN(C)c1ccc(O)c2c1C[C@H]1C[C@H]3[C@H](N(C)C)C(=O)C(C(N)=O)=C(O)[C@@]3(O)C(=O)C1=C2O.O=C(O)C(=O)O. The first-order valence-corrected chi connectivity index (χ1v) is 22.1. The van der Waals surface area contributed by atoms with Gasteiger partial charge in [0.05, 0.1) is 23.2 Å². The van der Waals surface area contributed by atoms with E-state index in [9.17, 15) is 69.6 Å². The molecule has 24 nitrogen and oxygen atoms in total. The maximum Gasteiger partial charge on any atom is 0.414 e. The van der Waals surface area contributed by atoms with E-state index >= 15 is 0 Å². The van der Waals surface area contributed by atoms with Crippen LogP contribution in [-0.4, -0.2) is 187 Å². The van der Waals surface area contributed by atoms with Crippen molar-refractivity contribution < 1.29 is 89.4 Å². The van der Waals surface area contributed by atoms with Crippen LogP contribution in [0.3, 0.4) is 0 Å². The number of carboxylic acid groups (broad SMARTS) is 2. The van der Waals surface area contributed by atoms with Gasteiger partial charge in [-0.3, -0.25) is 38.6 Å². The lowest BCUT2D eigenvalue weighted by atomic mass is 9.57. The van der Waals surface area contributed by atoms with Gasteiger partial charge in [0.25, 0.3) is 11.8 Å². The molecule has 2 fully saturated rings. The number of amides is 2. The molecule has 0 spiro atoms. The molecule has 2 saturated carbocycles. The molecule has 6 aliphatic rings. The summed E-state index contributed by atoms with van der Waals surface area (Å²) >= 11 is 0. The number of aromatic hydroxyl groups is 2. The summed E-state index contributed by atoms with van der Waals surface area (Å²) < 4.78 is 0. The second kappa shape index (κ2) is 18.7. The molecule has 24 heteroatoms. The fourth-order valence-electron chi connectivity index (χ4n) is 11.3. The molecule has 0 bridgehead atoms. The van der Waals surface area contributed by atoms with Gasteiger partial charge in [-0.2, -0.15) is 0 Å². The first-order valence-electron chi connectivity index (χ1n) is 22.1. The van der Waals surface area contributed by atoms with E-state index in [2.05, 4.69) is 0 Å². The zero-order chi connectivity index (χ0) is 54.3. The van der Waals surface area contributed by atoms with Gasteiger partial charge in [-0.15, -0.1) is 0 Å². The Morgan fingerprint density at radius 2 is 0.847 bits per heavy atom. The van der Waals surface area contributed by atoms with Crippen LogP contribution in [0.1, 0.15) is 35.1 Å². The number of carbonyl (C=O) groups is 8. The molecule has 8 atom stereocenters. The Morgan fingerprint density at radius 1 is 0.542 bits per heavy atom. The lowest BCUT2D eigenvalue weighted by Gasteiger charge is -2.50. The van der Waals surface area contributed by atoms with E-state index in [4.69, 9.17) is 31.3 Å². The van der Waals surface area contributed by atoms with Crippen LogP contribution in [0, 0.1) is 23.7 Å². The summed E-state index contributed by atoms with van der Waals surface area (Å²) in [6, 6.07) is 4.02. The minimum atomic E-state index is -2.63. The number of anilines is 2. The Hall–Kier alpha value is -7.80. The van der Waals surface area contributed by atoms with Crippen LogP contribution in [0.15, 0.2) is 58.1 Å². The van der Waals surface area contributed by atoms with Gasteiger partial charge < -0.3 is 72.3 Å². The molecular formula is C48H56N6O18. The smallest absolute Gasteiger partial charge is 0.414 e. The van der Waals surface area contributed by atoms with E-state index in [1.807, 2.05) is 38.0 Å². The number of nitrogens with two attached hydrogens (primary N) is 2. The molecule has 0 aliphatic heterocycles. The average molecular weight is 1000 g/mol. The largest absolute Gasteiger partial charge is 0.508 e. The molecule has 72 heavy (non-hydrogen) atoms. The standard InChI is InChI=1S/2C23H27N3O7.C2H2O4/c2*1-25(2)12-5-6-13(27)15-10(12)7-9-8-11-17(26(3)4)19(29)16(22(24)32)21(31)23(11,33)20(30)14(9)18(15)28;3-1(4)2(5)6/h2*5-6,9,11,17,27-28,31,33H,7-8H2,1-4H3,(H2,24,32);(H,3,4)(H,5,6)/t2*9-,11-,17-,23-;/m00./s1. The van der Waals surface area contributed by atoms with Crippen molar-refractivity contribution in [2.75, 3.05) is 66.2 Å². The van der Waals surface area contributed by atoms with Crippen molar-refractivity contribution >= 4 is 69.8 Å². The van der Waals surface area contributed by atoms with Crippen molar-refractivity contribution in [1.82, 2.24) is 9.80 Å². The lowest BCUT2D eigenvalue weighted by Crippen LogP contribution is -2.65. The summed E-state index contributed by atoms with van der Waals surface area (Å²) in [5.41, 5.74) is 6.30. The van der Waals surface area contributed by atoms with Gasteiger partial charge in [0.15, 0.2) is 22.8 Å². The number of aliphatic hydroxyl groups is 6. The molecule has 0 radical (unpaired) electrons. The fourth-order valence-corrected chi connectivity index (χ4v) is 11.3. The Bertz CT molecular complexity index is 2720. The first-order chi connectivity index (χ1) is 33.3. The third-order valence-electron chi connectivity index (χ3n) is 14.3. The Labute approximate surface area is 410 Å². The summed E-state index contributed by atoms with van der Waals surface area (Å²) in [5, 5.41) is 103. The molecule has 6 aliphatic carbocycles. The van der Waals surface area contributed by atoms with Gasteiger partial charge in [-0.05, 0) is 101 Å². The minimum absolute atomic E-state index is 0.0638. The van der Waals surface area contributed by atoms with Crippen LogP contribution >= 0.6 is 0 Å². The molecule has 2 aromatic rings. The predicted molar refractivity (Wildman–Crippen MR) is 252 cm³/mol. The van der Waals surface area contributed by atoms with Crippen LogP contribution in [0.25, 0.3) is 11.5 Å². The molecular weight excluding hydrogens is 949 g/mol. The number of benzene rings is 2. The van der Waals surface area contributed by atoms with Gasteiger partial charge in [-0.1, -0.05) is 0 Å². The van der Waals surface area contributed by atoms with Crippen LogP contribution < -0.4 is 21.3 Å². The van der Waals surface area contributed by atoms with Gasteiger partial charge >= 0.3 is 11.9 Å². The number of likely N-dealkylation sites (N-methyl/N-ethyl adjacent to an activating group) is 2. The van der Waals surface area contributed by atoms with E-state index in [0.717, 1.165) is 11.4 Å². The highest BCUT2D eigenvalue weighted by atomic mass is 16.4. The summed E-state index contributed by atoms with van der Waals surface area (Å²) in [6.07, 6.45) is 0.648. The quantitative estimate of drug-likeness (QED) is 0.125. The van der Waals surface area contributed by atoms with Crippen molar-refractivity contribution in [1.29, 1.82) is 0 Å². The molecule has 2 aromatic carbocycles. The number of carbonyl (C=O) groups excluding carboxylic acids is 6. The second-order valence-corrected chi connectivity index (χ2v) is 19.2. The molecule has 0 unspecified atom stereocenters. The van der Waals surface area contributed by atoms with E-state index < -0.39 is 128 Å². The Balaban J connectivity index is 0.000000211. The van der Waals surface area contributed by atoms with E-state index in [0.29, 0.717) is 11.1 Å². The van der Waals surface area contributed by atoms with Crippen molar-refractivity contribution in [2.24, 2.45) is 35.1 Å². The number of aliphatic hydroxyl groups excluding tert-OH is 4. The van der Waals surface area contributed by atoms with Gasteiger partial charge in [0.1, 0.15) is 45.7 Å². The molecule has 0 heterocycles. The fraction of sp³-hybridized carbons (Fsp3) is 0.417. The highest BCUT2D eigenvalue weighted by Crippen LogP contribution is 2.55. The number of phenolic OH excluding ortho intramolecular Hbond substituents is 2. The number of nitrogens with zero attached hydrogens (tertiary/aromatic N) is 4. The molecule has 14 N–H and O–H groups in total. The number of hydrogen-bond donors (Lipinski definition) is 12. The third kappa shape index (κ3) is 8.04. The number of Topliss-reactive ketones (excluding diaryl/α,β-unsaturated/α-hetero) is 4. The summed E-state index contributed by atoms with van der Waals surface area (Å²) in [4.78, 5) is 102. The van der Waals surface area contributed by atoms with Crippen molar-refractivity contribution in [3.63, 3.8) is 0 Å². The predicted octanol–water partition coefficient (Wildman–Crippen LogP) is -0.784. The van der Waals surface area contributed by atoms with Crippen molar-refractivity contribution in [3.05, 3.63) is 80.3 Å². The summed E-state index contributed by atoms with van der Waals surface area (Å²) in [6.45, 7) is 0.